The van der Waals surface area contributed by atoms with E-state index in [9.17, 15) is 24.3 Å². The van der Waals surface area contributed by atoms with E-state index in [1.807, 2.05) is 42.5 Å². The Bertz CT molecular complexity index is 1490. The molecule has 3 amide bonds. The third-order valence-corrected chi connectivity index (χ3v) is 6.73. The van der Waals surface area contributed by atoms with Gasteiger partial charge in [-0.15, -0.1) is 0 Å². The summed E-state index contributed by atoms with van der Waals surface area (Å²) in [5.74, 6) is -2.40. The summed E-state index contributed by atoms with van der Waals surface area (Å²) in [6.45, 7) is 0.468. The van der Waals surface area contributed by atoms with Crippen molar-refractivity contribution in [1.82, 2.24) is 16.0 Å². The number of benzene rings is 3. The van der Waals surface area contributed by atoms with Gasteiger partial charge in [0.25, 0.3) is 5.91 Å². The minimum absolute atomic E-state index is 0. The second-order valence-corrected chi connectivity index (χ2v) is 9.86. The Labute approximate surface area is 271 Å². The van der Waals surface area contributed by atoms with Gasteiger partial charge in [-0.25, -0.2) is 4.79 Å². The molecule has 10 nitrogen and oxygen atoms in total. The summed E-state index contributed by atoms with van der Waals surface area (Å²) in [5, 5.41) is 28.3. The van der Waals surface area contributed by atoms with Crippen molar-refractivity contribution in [2.75, 3.05) is 13.1 Å². The summed E-state index contributed by atoms with van der Waals surface area (Å²) < 4.78 is 5.64. The van der Waals surface area contributed by atoms with Crippen LogP contribution < -0.4 is 16.0 Å². The molecule has 43 heavy (non-hydrogen) atoms. The van der Waals surface area contributed by atoms with E-state index in [1.165, 1.54) is 12.1 Å². The van der Waals surface area contributed by atoms with E-state index in [1.54, 1.807) is 30.3 Å². The normalized spacial score (nSPS) is 12.0. The van der Waals surface area contributed by atoms with Crippen LogP contribution in [0.25, 0.3) is 11.0 Å². The Morgan fingerprint density at radius 1 is 0.791 bits per heavy atom. The van der Waals surface area contributed by atoms with Crippen molar-refractivity contribution < 1.29 is 33.8 Å². The maximum atomic E-state index is 13.1. The SMILES string of the molecule is O=C(O)c1ccc(CCNC(=O)[C@H](CCCNC(=O)[C@@H](O)Cc2ccccc2)NC(=O)c2cc3ccccc3o2)cc1.[NaH]. The zero-order chi connectivity index (χ0) is 29.9. The number of carboxylic acids is 1. The maximum absolute atomic E-state index is 13.1. The second-order valence-electron chi connectivity index (χ2n) is 9.86. The first-order valence-electron chi connectivity index (χ1n) is 13.7. The van der Waals surface area contributed by atoms with Crippen LogP contribution in [0.3, 0.4) is 0 Å². The van der Waals surface area contributed by atoms with Crippen LogP contribution in [0.15, 0.2) is 89.3 Å². The Kier molecular flexibility index (Phi) is 13.0. The van der Waals surface area contributed by atoms with E-state index in [-0.39, 0.29) is 66.8 Å². The number of furan rings is 1. The number of fused-ring (bicyclic) bond motifs is 1. The summed E-state index contributed by atoms with van der Waals surface area (Å²) in [6, 6.07) is 23.4. The Morgan fingerprint density at radius 3 is 2.16 bits per heavy atom. The van der Waals surface area contributed by atoms with Crippen LogP contribution in [0.2, 0.25) is 0 Å². The van der Waals surface area contributed by atoms with Gasteiger partial charge >= 0.3 is 35.5 Å². The van der Waals surface area contributed by atoms with Crippen molar-refractivity contribution in [3.8, 4) is 0 Å². The third-order valence-electron chi connectivity index (χ3n) is 6.73. The number of rotatable bonds is 14. The summed E-state index contributed by atoms with van der Waals surface area (Å²) in [6.07, 6.45) is 0.0260. The first kappa shape index (κ1) is 33.5. The van der Waals surface area contributed by atoms with Crippen LogP contribution >= 0.6 is 0 Å². The summed E-state index contributed by atoms with van der Waals surface area (Å²) in [7, 11) is 0. The van der Waals surface area contributed by atoms with Crippen LogP contribution in [-0.4, -0.2) is 88.7 Å². The number of aliphatic hydroxyl groups excluding tert-OH is 1. The van der Waals surface area contributed by atoms with Gasteiger partial charge in [-0.05, 0) is 54.7 Å². The fourth-order valence-corrected chi connectivity index (χ4v) is 4.42. The van der Waals surface area contributed by atoms with Crippen molar-refractivity contribution in [2.45, 2.75) is 37.8 Å². The molecule has 1 aromatic heterocycles. The van der Waals surface area contributed by atoms with Gasteiger partial charge in [0.05, 0.1) is 5.56 Å². The Hall–Kier alpha value is -3.96. The number of para-hydroxylation sites is 1. The Morgan fingerprint density at radius 2 is 1.47 bits per heavy atom. The number of hydrogen-bond acceptors (Lipinski definition) is 6. The number of nitrogens with one attached hydrogen (secondary N) is 3. The van der Waals surface area contributed by atoms with E-state index >= 15 is 0 Å². The molecular weight excluding hydrogens is 561 g/mol. The van der Waals surface area contributed by atoms with Crippen molar-refractivity contribution in [1.29, 1.82) is 0 Å². The quantitative estimate of drug-likeness (QED) is 0.111. The van der Waals surface area contributed by atoms with Gasteiger partial charge in [-0.2, -0.15) is 0 Å². The first-order chi connectivity index (χ1) is 20.3. The van der Waals surface area contributed by atoms with Gasteiger partial charge in [0.2, 0.25) is 11.8 Å². The predicted octanol–water partition coefficient (Wildman–Crippen LogP) is 2.44. The van der Waals surface area contributed by atoms with Gasteiger partial charge in [0.1, 0.15) is 17.7 Å². The van der Waals surface area contributed by atoms with Gasteiger partial charge in [-0.3, -0.25) is 14.4 Å². The van der Waals surface area contributed by atoms with E-state index in [0.717, 1.165) is 16.5 Å². The zero-order valence-electron chi connectivity index (χ0n) is 22.9. The second kappa shape index (κ2) is 16.6. The van der Waals surface area contributed by atoms with Gasteiger partial charge < -0.3 is 30.6 Å². The van der Waals surface area contributed by atoms with Crippen LogP contribution in [-0.2, 0) is 22.4 Å². The average molecular weight is 596 g/mol. The molecular formula is C32H34N3NaO7. The van der Waals surface area contributed by atoms with Gasteiger partial charge in [0, 0.05) is 24.9 Å². The molecule has 1 heterocycles. The van der Waals surface area contributed by atoms with Crippen LogP contribution in [0.1, 0.15) is 44.9 Å². The van der Waals surface area contributed by atoms with Crippen molar-refractivity contribution in [3.63, 3.8) is 0 Å². The molecule has 0 saturated heterocycles. The number of carbonyl (C=O) groups is 4. The zero-order valence-corrected chi connectivity index (χ0v) is 22.9. The number of amides is 3. The van der Waals surface area contributed by atoms with E-state index in [4.69, 9.17) is 9.52 Å². The monoisotopic (exact) mass is 595 g/mol. The van der Waals surface area contributed by atoms with Crippen LogP contribution in [0, 0.1) is 0 Å². The molecule has 11 heteroatoms. The Balaban J connectivity index is 0.00000506. The molecule has 0 fully saturated rings. The minimum atomic E-state index is -1.20. The molecule has 0 aliphatic carbocycles. The molecule has 5 N–H and O–H groups in total. The van der Waals surface area contributed by atoms with E-state index < -0.39 is 35.8 Å². The summed E-state index contributed by atoms with van der Waals surface area (Å²) >= 11 is 0. The van der Waals surface area contributed by atoms with Crippen molar-refractivity contribution in [2.24, 2.45) is 0 Å². The molecule has 4 rings (SSSR count). The fourth-order valence-electron chi connectivity index (χ4n) is 4.42. The van der Waals surface area contributed by atoms with E-state index in [0.29, 0.717) is 18.4 Å². The summed E-state index contributed by atoms with van der Waals surface area (Å²) in [4.78, 5) is 49.5. The standard InChI is InChI=1S/C32H33N3O7.Na.H/c36-26(19-22-7-2-1-3-8-22)30(38)33-17-6-10-25(35-31(39)28-20-24-9-4-5-11-27(24)42-28)29(37)34-18-16-21-12-14-23(15-13-21)32(40)41;;/h1-5,7-9,11-15,20,25-26,36H,6,10,16-19H2,(H,33,38)(H,34,37)(H,35,39)(H,40,41);;/t25-,26-;;/m0../s1. The third kappa shape index (κ3) is 10.1. The topological polar surface area (TPSA) is 158 Å². The molecule has 3 aromatic carbocycles. The summed E-state index contributed by atoms with van der Waals surface area (Å²) in [5.41, 5.74) is 2.41. The van der Waals surface area contributed by atoms with Crippen molar-refractivity contribution >= 4 is 64.2 Å². The molecule has 2 atom stereocenters. The molecule has 0 bridgehead atoms. The average Bonchev–Trinajstić information content (AvgIpc) is 3.44. The van der Waals surface area contributed by atoms with Crippen LogP contribution in [0.5, 0.6) is 0 Å². The number of aliphatic hydroxyl groups is 1. The molecule has 0 saturated carbocycles. The fraction of sp³-hybridized carbons (Fsp3) is 0.250. The molecule has 4 aromatic rings. The number of hydrogen-bond donors (Lipinski definition) is 5. The number of aromatic carboxylic acids is 1. The molecule has 220 valence electrons. The number of carbonyl (C=O) groups excluding carboxylic acids is 3. The van der Waals surface area contributed by atoms with E-state index in [2.05, 4.69) is 16.0 Å². The predicted molar refractivity (Wildman–Crippen MR) is 163 cm³/mol. The first-order valence-corrected chi connectivity index (χ1v) is 13.7. The molecule has 0 aliphatic heterocycles. The van der Waals surface area contributed by atoms with Crippen molar-refractivity contribution in [3.05, 3.63) is 107 Å². The van der Waals surface area contributed by atoms with Gasteiger partial charge in [-0.1, -0.05) is 60.7 Å². The van der Waals surface area contributed by atoms with Crippen LogP contribution in [0.4, 0.5) is 0 Å². The molecule has 0 radical (unpaired) electrons. The molecule has 0 unspecified atom stereocenters. The van der Waals surface area contributed by atoms with Gasteiger partial charge in [0.15, 0.2) is 5.76 Å². The molecule has 0 aliphatic rings. The molecule has 0 spiro atoms. The number of carboxylic acid groups (broad SMARTS) is 1.